The van der Waals surface area contributed by atoms with Gasteiger partial charge in [-0.15, -0.1) is 0 Å². The first kappa shape index (κ1) is 17.6. The Labute approximate surface area is 168 Å². The minimum atomic E-state index is -1.04. The fourth-order valence-electron chi connectivity index (χ4n) is 4.42. The number of hydrogen-bond donors (Lipinski definition) is 1. The van der Waals surface area contributed by atoms with E-state index in [0.717, 1.165) is 33.7 Å². The molecule has 0 aromatic heterocycles. The number of nitrogens with one attached hydrogen (secondary N) is 1. The van der Waals surface area contributed by atoms with Crippen LogP contribution in [0.25, 0.3) is 0 Å². The number of carbonyl (C=O) groups excluding carboxylic acids is 3. The van der Waals surface area contributed by atoms with Gasteiger partial charge in [-0.1, -0.05) is 54.6 Å². The number of amides is 4. The number of hydrogen-bond acceptors (Lipinski definition) is 4. The van der Waals surface area contributed by atoms with Crippen molar-refractivity contribution in [3.8, 4) is 0 Å². The second-order valence-electron chi connectivity index (χ2n) is 7.56. The minimum absolute atomic E-state index is 0.305. The highest BCUT2D eigenvalue weighted by atomic mass is 16.2. The van der Waals surface area contributed by atoms with Crippen molar-refractivity contribution in [2.24, 2.45) is 5.10 Å². The molecule has 3 aliphatic rings. The average Bonchev–Trinajstić information content (AvgIpc) is 3.44. The number of urea groups is 1. The van der Waals surface area contributed by atoms with Crippen molar-refractivity contribution in [3.05, 3.63) is 71.3 Å². The number of hydrazone groups is 1. The van der Waals surface area contributed by atoms with Gasteiger partial charge in [-0.05, 0) is 29.5 Å². The van der Waals surface area contributed by atoms with Crippen molar-refractivity contribution in [2.75, 3.05) is 13.1 Å². The van der Waals surface area contributed by atoms with Crippen LogP contribution in [-0.2, 0) is 21.5 Å². The van der Waals surface area contributed by atoms with Crippen molar-refractivity contribution in [1.82, 2.24) is 15.2 Å². The van der Waals surface area contributed by atoms with Gasteiger partial charge >= 0.3 is 6.03 Å². The minimum Gasteiger partial charge on any atom is -0.319 e. The van der Waals surface area contributed by atoms with E-state index >= 15 is 0 Å². The van der Waals surface area contributed by atoms with Crippen LogP contribution < -0.4 is 5.32 Å². The number of fused-ring (bicyclic) bond motifs is 2. The summed E-state index contributed by atoms with van der Waals surface area (Å²) >= 11 is 0. The zero-order valence-corrected chi connectivity index (χ0v) is 15.8. The molecule has 146 valence electrons. The standard InChI is InChI=1S/C22H20N4O3/c27-19(26-13-11-18(24-26)16-7-2-1-3-8-16)14-25-20(28)22(23-21(25)29)12-10-15-6-4-5-9-17(15)22/h1-9H,10-14H2,(H,23,29)/t22-/m1/s1. The number of aryl methyl sites for hydroxylation is 1. The van der Waals surface area contributed by atoms with Crippen LogP contribution in [0.2, 0.25) is 0 Å². The predicted molar refractivity (Wildman–Crippen MR) is 106 cm³/mol. The number of rotatable bonds is 3. The van der Waals surface area contributed by atoms with Gasteiger partial charge in [0, 0.05) is 6.42 Å². The smallest absolute Gasteiger partial charge is 0.319 e. The molecular formula is C22H20N4O3. The summed E-state index contributed by atoms with van der Waals surface area (Å²) in [5.74, 6) is -0.713. The Hall–Kier alpha value is -3.48. The summed E-state index contributed by atoms with van der Waals surface area (Å²) in [5, 5.41) is 8.61. The topological polar surface area (TPSA) is 82.1 Å². The molecule has 1 N–H and O–H groups in total. The van der Waals surface area contributed by atoms with E-state index in [4.69, 9.17) is 0 Å². The molecule has 0 saturated carbocycles. The molecule has 7 heteroatoms. The first-order valence-electron chi connectivity index (χ1n) is 9.74. The maximum absolute atomic E-state index is 13.2. The Bertz CT molecular complexity index is 1050. The van der Waals surface area contributed by atoms with Gasteiger partial charge in [-0.2, -0.15) is 5.10 Å². The maximum Gasteiger partial charge on any atom is 0.325 e. The van der Waals surface area contributed by atoms with Crippen molar-refractivity contribution in [2.45, 2.75) is 24.8 Å². The van der Waals surface area contributed by atoms with Crippen LogP contribution in [0.1, 0.15) is 29.5 Å². The van der Waals surface area contributed by atoms with E-state index in [1.54, 1.807) is 0 Å². The molecule has 5 rings (SSSR count). The third-order valence-electron chi connectivity index (χ3n) is 5.91. The van der Waals surface area contributed by atoms with Crippen LogP contribution in [-0.4, -0.2) is 46.6 Å². The number of carbonyl (C=O) groups is 3. The molecule has 0 radical (unpaired) electrons. The molecule has 29 heavy (non-hydrogen) atoms. The zero-order chi connectivity index (χ0) is 20.0. The van der Waals surface area contributed by atoms with E-state index in [-0.39, 0.29) is 18.4 Å². The number of imide groups is 1. The first-order valence-corrected chi connectivity index (χ1v) is 9.74. The molecule has 1 atom stereocenters. The second kappa shape index (κ2) is 6.55. The quantitative estimate of drug-likeness (QED) is 0.817. The van der Waals surface area contributed by atoms with Crippen molar-refractivity contribution in [3.63, 3.8) is 0 Å². The fourth-order valence-corrected chi connectivity index (χ4v) is 4.42. The van der Waals surface area contributed by atoms with Gasteiger partial charge < -0.3 is 5.32 Å². The van der Waals surface area contributed by atoms with E-state index in [0.29, 0.717) is 19.4 Å². The van der Waals surface area contributed by atoms with E-state index in [9.17, 15) is 14.4 Å². The van der Waals surface area contributed by atoms with Crippen LogP contribution in [0.4, 0.5) is 4.79 Å². The van der Waals surface area contributed by atoms with E-state index in [1.165, 1.54) is 5.01 Å². The summed E-state index contributed by atoms with van der Waals surface area (Å²) < 4.78 is 0. The predicted octanol–water partition coefficient (Wildman–Crippen LogP) is 2.02. The summed E-state index contributed by atoms with van der Waals surface area (Å²) in [4.78, 5) is 39.5. The van der Waals surface area contributed by atoms with E-state index in [2.05, 4.69) is 10.4 Å². The first-order chi connectivity index (χ1) is 14.1. The third-order valence-corrected chi connectivity index (χ3v) is 5.91. The normalized spacial score (nSPS) is 22.8. The highest BCUT2D eigenvalue weighted by molar-refractivity contribution is 6.10. The lowest BCUT2D eigenvalue weighted by molar-refractivity contribution is -0.138. The van der Waals surface area contributed by atoms with Crippen LogP contribution in [0, 0.1) is 0 Å². The molecule has 0 bridgehead atoms. The molecule has 1 saturated heterocycles. The van der Waals surface area contributed by atoms with Crippen LogP contribution in [0.5, 0.6) is 0 Å². The van der Waals surface area contributed by atoms with Crippen molar-refractivity contribution in [1.29, 1.82) is 0 Å². The van der Waals surface area contributed by atoms with Crippen molar-refractivity contribution < 1.29 is 14.4 Å². The summed E-state index contributed by atoms with van der Waals surface area (Å²) in [5.41, 5.74) is 2.65. The van der Waals surface area contributed by atoms with Gasteiger partial charge in [0.1, 0.15) is 12.1 Å². The molecule has 2 aliphatic heterocycles. The van der Waals surface area contributed by atoms with E-state index in [1.807, 2.05) is 54.6 Å². The third kappa shape index (κ3) is 2.73. The Morgan fingerprint density at radius 3 is 2.62 bits per heavy atom. The second-order valence-corrected chi connectivity index (χ2v) is 7.56. The molecule has 2 aromatic carbocycles. The lowest BCUT2D eigenvalue weighted by atomic mass is 9.92. The zero-order valence-electron chi connectivity index (χ0n) is 15.8. The Kier molecular flexibility index (Phi) is 3.97. The van der Waals surface area contributed by atoms with Crippen LogP contribution in [0.15, 0.2) is 59.7 Å². The molecular weight excluding hydrogens is 368 g/mol. The molecule has 4 amide bonds. The largest absolute Gasteiger partial charge is 0.325 e. The molecule has 7 nitrogen and oxygen atoms in total. The summed E-state index contributed by atoms with van der Waals surface area (Å²) in [6.45, 7) is 0.140. The van der Waals surface area contributed by atoms with Gasteiger partial charge in [0.05, 0.1) is 12.3 Å². The molecule has 1 aliphatic carbocycles. The highest BCUT2D eigenvalue weighted by Crippen LogP contribution is 2.41. The van der Waals surface area contributed by atoms with Gasteiger partial charge in [0.2, 0.25) is 0 Å². The lowest BCUT2D eigenvalue weighted by Gasteiger charge is -2.22. The highest BCUT2D eigenvalue weighted by Gasteiger charge is 2.55. The number of nitrogens with zero attached hydrogens (tertiary/aromatic N) is 3. The molecule has 1 fully saturated rings. The molecule has 2 heterocycles. The van der Waals surface area contributed by atoms with Crippen LogP contribution in [0.3, 0.4) is 0 Å². The van der Waals surface area contributed by atoms with E-state index < -0.39 is 11.6 Å². The van der Waals surface area contributed by atoms with Gasteiger partial charge in [0.25, 0.3) is 11.8 Å². The fraction of sp³-hybridized carbons (Fsp3) is 0.273. The Balaban J connectivity index is 1.34. The summed E-state index contributed by atoms with van der Waals surface area (Å²) in [7, 11) is 0. The van der Waals surface area contributed by atoms with Gasteiger partial charge in [-0.25, -0.2) is 9.80 Å². The average molecular weight is 388 g/mol. The summed E-state index contributed by atoms with van der Waals surface area (Å²) in [6, 6.07) is 16.8. The monoisotopic (exact) mass is 388 g/mol. The maximum atomic E-state index is 13.2. The lowest BCUT2D eigenvalue weighted by Crippen LogP contribution is -2.43. The molecule has 1 spiro atoms. The SMILES string of the molecule is O=C(CN1C(=O)N[C@@]2(CCc3ccccc32)C1=O)N1CCC(c2ccccc2)=N1. The van der Waals surface area contributed by atoms with Crippen LogP contribution >= 0.6 is 0 Å². The molecule has 2 aromatic rings. The number of benzene rings is 2. The van der Waals surface area contributed by atoms with Gasteiger partial charge in [0.15, 0.2) is 0 Å². The summed E-state index contributed by atoms with van der Waals surface area (Å²) in [6.07, 6.45) is 1.88. The Morgan fingerprint density at radius 2 is 1.79 bits per heavy atom. The molecule has 0 unspecified atom stereocenters. The van der Waals surface area contributed by atoms with Crippen molar-refractivity contribution >= 4 is 23.6 Å². The van der Waals surface area contributed by atoms with Gasteiger partial charge in [-0.3, -0.25) is 14.5 Å². The Morgan fingerprint density at radius 1 is 1.03 bits per heavy atom.